The van der Waals surface area contributed by atoms with Gasteiger partial charge in [0, 0.05) is 21.4 Å². The number of pyridine rings is 1. The number of aromatic nitrogens is 2. The van der Waals surface area contributed by atoms with Gasteiger partial charge in [0.25, 0.3) is 0 Å². The minimum atomic E-state index is -0.510. The van der Waals surface area contributed by atoms with Gasteiger partial charge in [-0.05, 0) is 61.9 Å². The number of rotatable bonds is 0. The Morgan fingerprint density at radius 3 is 2.72 bits per heavy atom. The number of nitrogens with zero attached hydrogens (tertiary/aromatic N) is 2. The standard InChI is InChI=1S/C13H15IN2O2/c1-8-5-9-10(14)7-16(11(9)15-6-8)12(17)18-13(2,3)4/h5-7H,1-4H3. The Hall–Kier alpha value is -1.11. The molecule has 0 aliphatic carbocycles. The predicted octanol–water partition coefficient (Wildman–Crippen LogP) is 3.73. The Labute approximate surface area is 119 Å². The molecule has 0 amide bonds. The highest BCUT2D eigenvalue weighted by molar-refractivity contribution is 14.1. The summed E-state index contributed by atoms with van der Waals surface area (Å²) in [4.78, 5) is 16.4. The molecule has 0 saturated carbocycles. The molecule has 0 spiro atoms. The molecule has 0 bridgehead atoms. The third-order valence-corrected chi connectivity index (χ3v) is 3.18. The molecule has 0 N–H and O–H groups in total. The molecule has 0 aromatic carbocycles. The monoisotopic (exact) mass is 358 g/mol. The second-order valence-electron chi connectivity index (χ2n) is 5.21. The molecule has 18 heavy (non-hydrogen) atoms. The van der Waals surface area contributed by atoms with Crippen molar-refractivity contribution in [2.24, 2.45) is 0 Å². The maximum Gasteiger partial charge on any atom is 0.420 e. The normalized spacial score (nSPS) is 11.8. The van der Waals surface area contributed by atoms with Crippen molar-refractivity contribution >= 4 is 39.7 Å². The molecule has 0 aliphatic rings. The van der Waals surface area contributed by atoms with E-state index < -0.39 is 11.7 Å². The molecule has 0 saturated heterocycles. The number of ether oxygens (including phenoxy) is 1. The van der Waals surface area contributed by atoms with Crippen molar-refractivity contribution < 1.29 is 9.53 Å². The van der Waals surface area contributed by atoms with Crippen LogP contribution in [0.25, 0.3) is 11.0 Å². The van der Waals surface area contributed by atoms with Crippen molar-refractivity contribution in [2.75, 3.05) is 0 Å². The molecular formula is C13H15IN2O2. The van der Waals surface area contributed by atoms with Crippen LogP contribution in [0.4, 0.5) is 4.79 Å². The number of halogens is 1. The quantitative estimate of drug-likeness (QED) is 0.674. The number of hydrogen-bond acceptors (Lipinski definition) is 3. The Morgan fingerprint density at radius 1 is 1.44 bits per heavy atom. The van der Waals surface area contributed by atoms with E-state index in [0.29, 0.717) is 5.65 Å². The summed E-state index contributed by atoms with van der Waals surface area (Å²) < 4.78 is 7.81. The van der Waals surface area contributed by atoms with E-state index in [1.54, 1.807) is 12.4 Å². The lowest BCUT2D eigenvalue weighted by Gasteiger charge is -2.19. The Kier molecular flexibility index (Phi) is 3.35. The molecule has 2 aromatic heterocycles. The molecule has 96 valence electrons. The zero-order valence-electron chi connectivity index (χ0n) is 10.8. The van der Waals surface area contributed by atoms with Crippen LogP contribution < -0.4 is 0 Å². The van der Waals surface area contributed by atoms with Gasteiger partial charge >= 0.3 is 6.09 Å². The van der Waals surface area contributed by atoms with E-state index in [1.807, 2.05) is 33.8 Å². The van der Waals surface area contributed by atoms with E-state index in [9.17, 15) is 4.79 Å². The van der Waals surface area contributed by atoms with Crippen molar-refractivity contribution in [2.45, 2.75) is 33.3 Å². The number of carbonyl (C=O) groups excluding carboxylic acids is 1. The van der Waals surface area contributed by atoms with E-state index >= 15 is 0 Å². The maximum atomic E-state index is 12.1. The fourth-order valence-corrected chi connectivity index (χ4v) is 2.30. The molecule has 2 heterocycles. The van der Waals surface area contributed by atoms with Crippen molar-refractivity contribution in [1.29, 1.82) is 0 Å². The minimum absolute atomic E-state index is 0.397. The van der Waals surface area contributed by atoms with Gasteiger partial charge in [0.05, 0.1) is 0 Å². The zero-order chi connectivity index (χ0) is 13.5. The third kappa shape index (κ3) is 2.66. The lowest BCUT2D eigenvalue weighted by Crippen LogP contribution is -2.26. The van der Waals surface area contributed by atoms with Crippen LogP contribution in [0.2, 0.25) is 0 Å². The summed E-state index contributed by atoms with van der Waals surface area (Å²) in [6.45, 7) is 7.52. The topological polar surface area (TPSA) is 44.1 Å². The average molecular weight is 358 g/mol. The van der Waals surface area contributed by atoms with Crippen LogP contribution in [0.5, 0.6) is 0 Å². The lowest BCUT2D eigenvalue weighted by molar-refractivity contribution is 0.0543. The molecular weight excluding hydrogens is 343 g/mol. The van der Waals surface area contributed by atoms with Crippen molar-refractivity contribution in [3.05, 3.63) is 27.6 Å². The molecule has 0 atom stereocenters. The first-order valence-electron chi connectivity index (χ1n) is 5.64. The van der Waals surface area contributed by atoms with Gasteiger partial charge in [-0.3, -0.25) is 0 Å². The SMILES string of the molecule is Cc1cnc2c(c1)c(I)cn2C(=O)OC(C)(C)C. The number of carbonyl (C=O) groups is 1. The van der Waals surface area contributed by atoms with Crippen LogP contribution in [0, 0.1) is 10.5 Å². The molecule has 2 rings (SSSR count). The molecule has 2 aromatic rings. The summed E-state index contributed by atoms with van der Waals surface area (Å²) in [6, 6.07) is 2.02. The summed E-state index contributed by atoms with van der Waals surface area (Å²) in [5.74, 6) is 0. The first kappa shape index (κ1) is 13.3. The van der Waals surface area contributed by atoms with Gasteiger partial charge in [-0.15, -0.1) is 0 Å². The molecule has 0 aliphatic heterocycles. The maximum absolute atomic E-state index is 12.1. The fourth-order valence-electron chi connectivity index (χ4n) is 1.62. The van der Waals surface area contributed by atoms with E-state index in [0.717, 1.165) is 14.5 Å². The van der Waals surface area contributed by atoms with E-state index in [4.69, 9.17) is 4.74 Å². The summed E-state index contributed by atoms with van der Waals surface area (Å²) in [5.41, 5.74) is 1.20. The van der Waals surface area contributed by atoms with Gasteiger partial charge in [-0.2, -0.15) is 0 Å². The summed E-state index contributed by atoms with van der Waals surface area (Å²) in [7, 11) is 0. The highest BCUT2D eigenvalue weighted by Gasteiger charge is 2.20. The smallest absolute Gasteiger partial charge is 0.420 e. The Balaban J connectivity index is 2.49. The van der Waals surface area contributed by atoms with Gasteiger partial charge in [-0.25, -0.2) is 14.3 Å². The van der Waals surface area contributed by atoms with Crippen LogP contribution in [0.1, 0.15) is 26.3 Å². The second kappa shape index (κ2) is 4.53. The summed E-state index contributed by atoms with van der Waals surface area (Å²) in [6.07, 6.45) is 3.11. The molecule has 4 nitrogen and oxygen atoms in total. The van der Waals surface area contributed by atoms with Gasteiger partial charge in [0.2, 0.25) is 0 Å². The van der Waals surface area contributed by atoms with Gasteiger partial charge in [-0.1, -0.05) is 0 Å². The Bertz CT molecular complexity index is 611. The average Bonchev–Trinajstić information content (AvgIpc) is 2.54. The highest BCUT2D eigenvalue weighted by atomic mass is 127. The highest BCUT2D eigenvalue weighted by Crippen LogP contribution is 2.23. The zero-order valence-corrected chi connectivity index (χ0v) is 13.0. The van der Waals surface area contributed by atoms with Crippen LogP contribution >= 0.6 is 22.6 Å². The predicted molar refractivity (Wildman–Crippen MR) is 78.8 cm³/mol. The molecule has 5 heteroatoms. The largest absolute Gasteiger partial charge is 0.443 e. The van der Waals surface area contributed by atoms with Crippen molar-refractivity contribution in [3.63, 3.8) is 0 Å². The number of aryl methyl sites for hydroxylation is 1. The second-order valence-corrected chi connectivity index (χ2v) is 6.37. The third-order valence-electron chi connectivity index (χ3n) is 2.32. The number of hydrogen-bond donors (Lipinski definition) is 0. The molecule has 0 fully saturated rings. The first-order valence-corrected chi connectivity index (χ1v) is 6.72. The number of fused-ring (bicyclic) bond motifs is 1. The van der Waals surface area contributed by atoms with Gasteiger partial charge < -0.3 is 4.74 Å². The van der Waals surface area contributed by atoms with Crippen molar-refractivity contribution in [3.8, 4) is 0 Å². The molecule has 0 unspecified atom stereocenters. The lowest BCUT2D eigenvalue weighted by atomic mass is 10.2. The molecule has 0 radical (unpaired) electrons. The van der Waals surface area contributed by atoms with Crippen molar-refractivity contribution in [1.82, 2.24) is 9.55 Å². The van der Waals surface area contributed by atoms with Gasteiger partial charge in [0.1, 0.15) is 5.60 Å². The van der Waals surface area contributed by atoms with Crippen LogP contribution in [-0.4, -0.2) is 21.2 Å². The van der Waals surface area contributed by atoms with E-state index in [1.165, 1.54) is 4.57 Å². The first-order chi connectivity index (χ1) is 8.28. The van der Waals surface area contributed by atoms with E-state index in [2.05, 4.69) is 27.6 Å². The van der Waals surface area contributed by atoms with E-state index in [-0.39, 0.29) is 0 Å². The van der Waals surface area contributed by atoms with Crippen LogP contribution in [0.3, 0.4) is 0 Å². The van der Waals surface area contributed by atoms with Gasteiger partial charge in [0.15, 0.2) is 5.65 Å². The summed E-state index contributed by atoms with van der Waals surface area (Å²) >= 11 is 2.20. The Morgan fingerprint density at radius 2 is 2.11 bits per heavy atom. The van der Waals surface area contributed by atoms with Crippen LogP contribution in [-0.2, 0) is 4.74 Å². The summed E-state index contributed by atoms with van der Waals surface area (Å²) in [5, 5.41) is 0.974. The van der Waals surface area contributed by atoms with Crippen LogP contribution in [0.15, 0.2) is 18.5 Å². The fraction of sp³-hybridized carbons (Fsp3) is 0.385. The minimum Gasteiger partial charge on any atom is -0.443 e.